The van der Waals surface area contributed by atoms with Crippen molar-refractivity contribution >= 4 is 5.91 Å². The Hall–Kier alpha value is -1.62. The van der Waals surface area contributed by atoms with Gasteiger partial charge in [0.25, 0.3) is 11.5 Å². The minimum atomic E-state index is -0.237. The Bertz CT molecular complexity index is 477. The maximum absolute atomic E-state index is 11.7. The van der Waals surface area contributed by atoms with Gasteiger partial charge >= 0.3 is 0 Å². The third-order valence-electron chi connectivity index (χ3n) is 3.09. The lowest BCUT2D eigenvalue weighted by molar-refractivity contribution is 0.0950. The van der Waals surface area contributed by atoms with Gasteiger partial charge in [0.05, 0.1) is 0 Å². The van der Waals surface area contributed by atoms with Crippen LogP contribution in [0.4, 0.5) is 0 Å². The fourth-order valence-electron chi connectivity index (χ4n) is 1.69. The Balaban J connectivity index is 1.94. The van der Waals surface area contributed by atoms with Crippen molar-refractivity contribution in [2.75, 3.05) is 6.54 Å². The van der Waals surface area contributed by atoms with Crippen molar-refractivity contribution in [1.82, 2.24) is 9.88 Å². The van der Waals surface area contributed by atoms with Gasteiger partial charge in [0.1, 0.15) is 0 Å². The van der Waals surface area contributed by atoms with Crippen LogP contribution in [0.25, 0.3) is 0 Å². The molecule has 0 aliphatic heterocycles. The highest BCUT2D eigenvalue weighted by Crippen LogP contribution is 2.31. The molecule has 1 aliphatic rings. The maximum Gasteiger partial charge on any atom is 0.251 e. The molecule has 1 aromatic rings. The molecule has 0 aromatic carbocycles. The number of hydrogen-bond donors (Lipinski definition) is 2. The van der Waals surface area contributed by atoms with Gasteiger partial charge in [-0.25, -0.2) is 0 Å². The predicted octanol–water partition coefficient (Wildman–Crippen LogP) is -0.148. The fourth-order valence-corrected chi connectivity index (χ4v) is 1.69. The highest BCUT2D eigenvalue weighted by atomic mass is 16.2. The SMILES string of the molecule is Cn1ccc(C(=O)NCC(N)C2CC2)cc1=O. The molecule has 1 aromatic heterocycles. The molecule has 5 heteroatoms. The zero-order valence-corrected chi connectivity index (χ0v) is 9.85. The number of amides is 1. The minimum absolute atomic E-state index is 0.0329. The highest BCUT2D eigenvalue weighted by molar-refractivity contribution is 5.93. The summed E-state index contributed by atoms with van der Waals surface area (Å²) in [6, 6.07) is 2.99. The van der Waals surface area contributed by atoms with E-state index in [1.807, 2.05) is 0 Å². The number of aromatic nitrogens is 1. The van der Waals surface area contributed by atoms with Crippen LogP contribution in [-0.4, -0.2) is 23.1 Å². The lowest BCUT2D eigenvalue weighted by atomic mass is 10.2. The molecule has 1 amide bonds. The second-order valence-corrected chi connectivity index (χ2v) is 4.58. The molecule has 0 saturated heterocycles. The number of carbonyl (C=O) groups is 1. The van der Waals surface area contributed by atoms with Gasteiger partial charge in [0.2, 0.25) is 0 Å². The molecule has 0 spiro atoms. The predicted molar refractivity (Wildman–Crippen MR) is 64.7 cm³/mol. The van der Waals surface area contributed by atoms with Crippen molar-refractivity contribution in [3.05, 3.63) is 34.2 Å². The van der Waals surface area contributed by atoms with Crippen molar-refractivity contribution in [3.63, 3.8) is 0 Å². The fraction of sp³-hybridized carbons (Fsp3) is 0.500. The summed E-state index contributed by atoms with van der Waals surface area (Å²) in [4.78, 5) is 23.1. The van der Waals surface area contributed by atoms with Crippen molar-refractivity contribution in [2.45, 2.75) is 18.9 Å². The molecule has 0 bridgehead atoms. The van der Waals surface area contributed by atoms with E-state index in [1.165, 1.54) is 10.6 Å². The topological polar surface area (TPSA) is 77.1 Å². The minimum Gasteiger partial charge on any atom is -0.350 e. The van der Waals surface area contributed by atoms with E-state index in [4.69, 9.17) is 5.73 Å². The van der Waals surface area contributed by atoms with Gasteiger partial charge in [-0.2, -0.15) is 0 Å². The second kappa shape index (κ2) is 4.71. The largest absolute Gasteiger partial charge is 0.350 e. The molecule has 5 nitrogen and oxygen atoms in total. The summed E-state index contributed by atoms with van der Waals surface area (Å²) in [6.07, 6.45) is 3.89. The average molecular weight is 235 g/mol. The second-order valence-electron chi connectivity index (χ2n) is 4.58. The Morgan fingerprint density at radius 2 is 2.35 bits per heavy atom. The van der Waals surface area contributed by atoms with Crippen molar-refractivity contribution in [2.24, 2.45) is 18.7 Å². The van der Waals surface area contributed by atoms with E-state index in [2.05, 4.69) is 5.32 Å². The molecule has 2 rings (SSSR count). The van der Waals surface area contributed by atoms with Crippen LogP contribution in [0.2, 0.25) is 0 Å². The molecule has 1 atom stereocenters. The molecule has 1 aliphatic carbocycles. The Kier molecular flexibility index (Phi) is 3.28. The van der Waals surface area contributed by atoms with Crippen LogP contribution < -0.4 is 16.6 Å². The van der Waals surface area contributed by atoms with Gasteiger partial charge < -0.3 is 15.6 Å². The number of carbonyl (C=O) groups excluding carboxylic acids is 1. The van der Waals surface area contributed by atoms with E-state index >= 15 is 0 Å². The molecule has 1 saturated carbocycles. The van der Waals surface area contributed by atoms with Crippen molar-refractivity contribution in [3.8, 4) is 0 Å². The van der Waals surface area contributed by atoms with E-state index in [0.29, 0.717) is 18.0 Å². The molecular weight excluding hydrogens is 218 g/mol. The lowest BCUT2D eigenvalue weighted by Gasteiger charge is -2.11. The van der Waals surface area contributed by atoms with Gasteiger partial charge in [0, 0.05) is 37.5 Å². The third-order valence-corrected chi connectivity index (χ3v) is 3.09. The van der Waals surface area contributed by atoms with Gasteiger partial charge in [0.15, 0.2) is 0 Å². The molecule has 92 valence electrons. The summed E-state index contributed by atoms with van der Waals surface area (Å²) in [5.74, 6) is 0.317. The summed E-state index contributed by atoms with van der Waals surface area (Å²) in [5, 5.41) is 2.75. The summed E-state index contributed by atoms with van der Waals surface area (Å²) in [6.45, 7) is 0.471. The molecule has 17 heavy (non-hydrogen) atoms. The quantitative estimate of drug-likeness (QED) is 0.762. The smallest absolute Gasteiger partial charge is 0.251 e. The van der Waals surface area contributed by atoms with Crippen LogP contribution in [0.1, 0.15) is 23.2 Å². The zero-order valence-electron chi connectivity index (χ0n) is 9.85. The van der Waals surface area contributed by atoms with Crippen LogP contribution in [0.3, 0.4) is 0 Å². The average Bonchev–Trinajstić information content (AvgIpc) is 3.13. The molecular formula is C12H17N3O2. The lowest BCUT2D eigenvalue weighted by Crippen LogP contribution is -2.38. The van der Waals surface area contributed by atoms with Gasteiger partial charge in [-0.1, -0.05) is 0 Å². The number of aryl methyl sites for hydroxylation is 1. The Morgan fingerprint density at radius 1 is 1.65 bits per heavy atom. The first-order valence-electron chi connectivity index (χ1n) is 5.78. The molecule has 0 radical (unpaired) electrons. The number of nitrogens with zero attached hydrogens (tertiary/aromatic N) is 1. The highest BCUT2D eigenvalue weighted by Gasteiger charge is 2.28. The van der Waals surface area contributed by atoms with Gasteiger partial charge in [-0.05, 0) is 24.8 Å². The number of hydrogen-bond acceptors (Lipinski definition) is 3. The first-order chi connectivity index (χ1) is 8.08. The first kappa shape index (κ1) is 11.9. The maximum atomic E-state index is 11.7. The number of nitrogens with two attached hydrogens (primary N) is 1. The first-order valence-corrected chi connectivity index (χ1v) is 5.78. The Labute approximate surface area is 99.6 Å². The van der Waals surface area contributed by atoms with Crippen LogP contribution >= 0.6 is 0 Å². The normalized spacial score (nSPS) is 16.6. The van der Waals surface area contributed by atoms with E-state index in [9.17, 15) is 9.59 Å². The van der Waals surface area contributed by atoms with E-state index in [1.54, 1.807) is 19.3 Å². The molecule has 1 heterocycles. The van der Waals surface area contributed by atoms with Crippen LogP contribution in [0.5, 0.6) is 0 Å². The van der Waals surface area contributed by atoms with Crippen molar-refractivity contribution in [1.29, 1.82) is 0 Å². The van der Waals surface area contributed by atoms with Crippen LogP contribution in [0, 0.1) is 5.92 Å². The summed E-state index contributed by atoms with van der Waals surface area (Å²) < 4.78 is 1.42. The zero-order chi connectivity index (χ0) is 12.4. The van der Waals surface area contributed by atoms with Crippen LogP contribution in [-0.2, 0) is 7.05 Å². The summed E-state index contributed by atoms with van der Waals surface area (Å²) in [7, 11) is 1.65. The number of rotatable bonds is 4. The molecule has 1 unspecified atom stereocenters. The van der Waals surface area contributed by atoms with Gasteiger partial charge in [-0.3, -0.25) is 9.59 Å². The standard InChI is InChI=1S/C12H17N3O2/c1-15-5-4-9(6-11(15)16)12(17)14-7-10(13)8-2-3-8/h4-6,8,10H,2-3,7,13H2,1H3,(H,14,17). The number of pyridine rings is 1. The van der Waals surface area contributed by atoms with Crippen molar-refractivity contribution < 1.29 is 4.79 Å². The monoisotopic (exact) mass is 235 g/mol. The molecule has 3 N–H and O–H groups in total. The van der Waals surface area contributed by atoms with Gasteiger partial charge in [-0.15, -0.1) is 0 Å². The van der Waals surface area contributed by atoms with E-state index in [-0.39, 0.29) is 17.5 Å². The van der Waals surface area contributed by atoms with E-state index in [0.717, 1.165) is 12.8 Å². The summed E-state index contributed by atoms with van der Waals surface area (Å²) >= 11 is 0. The number of nitrogens with one attached hydrogen (secondary N) is 1. The Morgan fingerprint density at radius 3 is 2.94 bits per heavy atom. The van der Waals surface area contributed by atoms with Crippen LogP contribution in [0.15, 0.2) is 23.1 Å². The third kappa shape index (κ3) is 2.94. The van der Waals surface area contributed by atoms with E-state index < -0.39 is 0 Å². The summed E-state index contributed by atoms with van der Waals surface area (Å²) in [5.41, 5.74) is 6.07. The molecule has 1 fully saturated rings.